The van der Waals surface area contributed by atoms with Crippen LogP contribution in [0.3, 0.4) is 0 Å². The highest BCUT2D eigenvalue weighted by Gasteiger charge is 2.36. The molecule has 200 valence electrons. The van der Waals surface area contributed by atoms with Gasteiger partial charge in [-0.15, -0.1) is 0 Å². The molecule has 2 heterocycles. The van der Waals surface area contributed by atoms with E-state index in [4.69, 9.17) is 4.74 Å². The van der Waals surface area contributed by atoms with E-state index >= 15 is 0 Å². The van der Waals surface area contributed by atoms with Gasteiger partial charge < -0.3 is 10.1 Å². The summed E-state index contributed by atoms with van der Waals surface area (Å²) in [5.41, 5.74) is 0.935. The van der Waals surface area contributed by atoms with Gasteiger partial charge in [-0.25, -0.2) is 21.2 Å². The molecule has 12 heteroatoms. The number of hydrogen-bond donors (Lipinski definition) is 1. The van der Waals surface area contributed by atoms with Gasteiger partial charge in [0.1, 0.15) is 18.1 Å². The molecule has 0 aromatic heterocycles. The fraction of sp³-hybridized carbons (Fsp3) is 0.269. The van der Waals surface area contributed by atoms with Crippen LogP contribution in [0.4, 0.5) is 15.8 Å². The van der Waals surface area contributed by atoms with Crippen molar-refractivity contribution in [2.24, 2.45) is 0 Å². The number of rotatable bonds is 6. The first-order valence-corrected chi connectivity index (χ1v) is 14.9. The number of methoxy groups -OCH3 is 1. The fourth-order valence-corrected chi connectivity index (χ4v) is 7.99. The Kier molecular flexibility index (Phi) is 6.88. The minimum atomic E-state index is -4.14. The molecular formula is C26H26FN3O6S2. The zero-order valence-electron chi connectivity index (χ0n) is 20.6. The van der Waals surface area contributed by atoms with E-state index in [9.17, 15) is 26.0 Å². The van der Waals surface area contributed by atoms with E-state index in [2.05, 4.69) is 5.32 Å². The number of piperidine rings is 1. The average Bonchev–Trinajstić information content (AvgIpc) is 2.91. The lowest BCUT2D eigenvalue weighted by molar-refractivity contribution is -0.114. The van der Waals surface area contributed by atoms with Crippen molar-refractivity contribution in [1.82, 2.24) is 4.31 Å². The third-order valence-electron chi connectivity index (χ3n) is 6.66. The van der Waals surface area contributed by atoms with E-state index < -0.39 is 38.3 Å². The normalized spacial score (nSPS) is 16.8. The number of fused-ring (bicyclic) bond motifs is 3. The topological polar surface area (TPSA) is 113 Å². The molecule has 2 aliphatic rings. The predicted octanol–water partition coefficient (Wildman–Crippen LogP) is 3.82. The number of nitrogens with zero attached hydrogens (tertiary/aromatic N) is 2. The van der Waals surface area contributed by atoms with Gasteiger partial charge in [-0.3, -0.25) is 9.10 Å². The Morgan fingerprint density at radius 2 is 1.74 bits per heavy atom. The van der Waals surface area contributed by atoms with Crippen LogP contribution in [0.2, 0.25) is 0 Å². The largest absolute Gasteiger partial charge is 0.495 e. The maximum Gasteiger partial charge on any atom is 0.265 e. The molecule has 0 spiro atoms. The van der Waals surface area contributed by atoms with Gasteiger partial charge in [-0.1, -0.05) is 24.6 Å². The summed E-state index contributed by atoms with van der Waals surface area (Å²) in [6.45, 7) is 0.219. The maximum atomic E-state index is 14.1. The van der Waals surface area contributed by atoms with Crippen LogP contribution in [0.15, 0.2) is 70.5 Å². The number of ether oxygens (including phenoxy) is 1. The number of carbonyl (C=O) groups is 1. The second-order valence-corrected chi connectivity index (χ2v) is 12.8. The van der Waals surface area contributed by atoms with Crippen LogP contribution in [-0.2, 0) is 24.8 Å². The van der Waals surface area contributed by atoms with Gasteiger partial charge in [0.25, 0.3) is 10.0 Å². The highest BCUT2D eigenvalue weighted by atomic mass is 32.2. The molecule has 3 aromatic rings. The predicted molar refractivity (Wildman–Crippen MR) is 141 cm³/mol. The molecule has 0 aliphatic carbocycles. The van der Waals surface area contributed by atoms with Crippen LogP contribution in [0, 0.1) is 5.82 Å². The van der Waals surface area contributed by atoms with Crippen LogP contribution in [0.5, 0.6) is 5.75 Å². The Bertz CT molecular complexity index is 1620. The van der Waals surface area contributed by atoms with Gasteiger partial charge in [-0.2, -0.15) is 4.31 Å². The van der Waals surface area contributed by atoms with Crippen molar-refractivity contribution < 1.29 is 30.8 Å². The SMILES string of the molecule is COc1ccc(S(=O)(=O)N2CCCCC2)cc1NC(=O)CN1c2ccc(F)cc2-c2ccccc2S1(=O)=O. The minimum absolute atomic E-state index is 0.00385. The standard InChI is InChI=1S/C26H26FN3O6S2/c1-36-24-12-10-19(37(32,33)29-13-5-2-6-14-29)16-22(24)28-26(31)17-30-23-11-9-18(27)15-21(23)20-7-3-4-8-25(20)38(30,34)35/h3-4,7-12,15-16H,2,5-6,13-14,17H2,1H3,(H,28,31). The number of carbonyl (C=O) groups excluding carboxylic acids is 1. The summed E-state index contributed by atoms with van der Waals surface area (Å²) in [6, 6.07) is 14.0. The van der Waals surface area contributed by atoms with E-state index in [1.54, 1.807) is 18.2 Å². The van der Waals surface area contributed by atoms with Crippen LogP contribution in [0.1, 0.15) is 19.3 Å². The highest BCUT2D eigenvalue weighted by molar-refractivity contribution is 7.93. The molecule has 0 atom stereocenters. The van der Waals surface area contributed by atoms with Gasteiger partial charge in [0, 0.05) is 24.2 Å². The van der Waals surface area contributed by atoms with Crippen molar-refractivity contribution in [2.45, 2.75) is 29.1 Å². The van der Waals surface area contributed by atoms with Crippen LogP contribution in [-0.4, -0.2) is 53.8 Å². The van der Waals surface area contributed by atoms with Crippen molar-refractivity contribution in [3.05, 3.63) is 66.5 Å². The number of benzene rings is 3. The summed E-state index contributed by atoms with van der Waals surface area (Å²) >= 11 is 0. The molecule has 1 N–H and O–H groups in total. The fourth-order valence-electron chi connectivity index (χ4n) is 4.79. The molecule has 5 rings (SSSR count). The Morgan fingerprint density at radius 3 is 2.47 bits per heavy atom. The number of sulfonamides is 2. The molecule has 1 amide bonds. The van der Waals surface area contributed by atoms with Crippen molar-refractivity contribution in [3.8, 4) is 16.9 Å². The van der Waals surface area contributed by atoms with E-state index in [-0.39, 0.29) is 26.9 Å². The van der Waals surface area contributed by atoms with Gasteiger partial charge in [-0.05, 0) is 55.3 Å². The van der Waals surface area contributed by atoms with Gasteiger partial charge in [0.15, 0.2) is 0 Å². The summed E-state index contributed by atoms with van der Waals surface area (Å²) in [4.78, 5) is 13.1. The zero-order valence-corrected chi connectivity index (χ0v) is 22.2. The molecule has 38 heavy (non-hydrogen) atoms. The van der Waals surface area contributed by atoms with Crippen LogP contribution >= 0.6 is 0 Å². The zero-order chi connectivity index (χ0) is 27.1. The number of halogens is 1. The quantitative estimate of drug-likeness (QED) is 0.491. The molecule has 3 aromatic carbocycles. The van der Waals surface area contributed by atoms with Crippen LogP contribution < -0.4 is 14.4 Å². The first kappa shape index (κ1) is 26.1. The Balaban J connectivity index is 1.46. The van der Waals surface area contributed by atoms with Crippen molar-refractivity contribution in [1.29, 1.82) is 0 Å². The second-order valence-electron chi connectivity index (χ2n) is 9.04. The highest BCUT2D eigenvalue weighted by Crippen LogP contribution is 2.43. The van der Waals surface area contributed by atoms with Crippen molar-refractivity contribution in [2.75, 3.05) is 36.4 Å². The minimum Gasteiger partial charge on any atom is -0.495 e. The number of anilines is 2. The average molecular weight is 560 g/mol. The Morgan fingerprint density at radius 1 is 1.00 bits per heavy atom. The summed E-state index contributed by atoms with van der Waals surface area (Å²) in [7, 11) is -6.55. The van der Waals surface area contributed by atoms with E-state index in [0.29, 0.717) is 24.2 Å². The lowest BCUT2D eigenvalue weighted by Gasteiger charge is -2.31. The first-order chi connectivity index (χ1) is 18.1. The molecule has 0 bridgehead atoms. The van der Waals surface area contributed by atoms with E-state index in [1.165, 1.54) is 47.8 Å². The number of nitrogens with one attached hydrogen (secondary N) is 1. The Labute approximate surface area is 220 Å². The molecular weight excluding hydrogens is 533 g/mol. The van der Waals surface area contributed by atoms with Crippen LogP contribution in [0.25, 0.3) is 11.1 Å². The molecule has 0 radical (unpaired) electrons. The van der Waals surface area contributed by atoms with Gasteiger partial charge >= 0.3 is 0 Å². The van der Waals surface area contributed by atoms with Crippen molar-refractivity contribution >= 4 is 37.3 Å². The molecule has 1 fully saturated rings. The van der Waals surface area contributed by atoms with Crippen molar-refractivity contribution in [3.63, 3.8) is 0 Å². The third kappa shape index (κ3) is 4.63. The number of hydrogen-bond acceptors (Lipinski definition) is 6. The molecule has 9 nitrogen and oxygen atoms in total. The summed E-state index contributed by atoms with van der Waals surface area (Å²) < 4.78 is 75.0. The van der Waals surface area contributed by atoms with Gasteiger partial charge in [0.2, 0.25) is 15.9 Å². The Hall–Kier alpha value is -3.48. The number of amides is 1. The third-order valence-corrected chi connectivity index (χ3v) is 10.4. The first-order valence-electron chi connectivity index (χ1n) is 12.0. The maximum absolute atomic E-state index is 14.1. The molecule has 2 aliphatic heterocycles. The van der Waals surface area contributed by atoms with Gasteiger partial charge in [0.05, 0.1) is 28.3 Å². The molecule has 1 saturated heterocycles. The summed E-state index contributed by atoms with van der Waals surface area (Å²) in [5.74, 6) is -1.06. The monoisotopic (exact) mass is 559 g/mol. The lowest BCUT2D eigenvalue weighted by Crippen LogP contribution is -2.40. The van der Waals surface area contributed by atoms with E-state index in [1.807, 2.05) is 0 Å². The van der Waals surface area contributed by atoms with E-state index in [0.717, 1.165) is 29.6 Å². The molecule has 0 saturated carbocycles. The second kappa shape index (κ2) is 10.0. The molecule has 0 unspecified atom stereocenters. The smallest absolute Gasteiger partial charge is 0.265 e. The summed E-state index contributed by atoms with van der Waals surface area (Å²) in [5, 5.41) is 2.60. The summed E-state index contributed by atoms with van der Waals surface area (Å²) in [6.07, 6.45) is 2.52. The lowest BCUT2D eigenvalue weighted by atomic mass is 10.0.